The third-order valence-electron chi connectivity index (χ3n) is 7.04. The van der Waals surface area contributed by atoms with Gasteiger partial charge in [0.25, 0.3) is 5.91 Å². The van der Waals surface area contributed by atoms with E-state index in [2.05, 4.69) is 32.8 Å². The van der Waals surface area contributed by atoms with E-state index in [1.807, 2.05) is 42.6 Å². The number of pyridine rings is 2. The number of hydrogen-bond acceptors (Lipinski definition) is 5. The molecule has 5 atom stereocenters. The van der Waals surface area contributed by atoms with E-state index in [1.54, 1.807) is 19.4 Å². The number of methoxy groups -OCH3 is 1. The highest BCUT2D eigenvalue weighted by Gasteiger charge is 2.43. The van der Waals surface area contributed by atoms with Crippen molar-refractivity contribution in [3.8, 4) is 5.75 Å². The third kappa shape index (κ3) is 3.75. The minimum atomic E-state index is -0.185. The Kier molecular flexibility index (Phi) is 5.62. The first kappa shape index (κ1) is 20.6. The van der Waals surface area contributed by atoms with Crippen molar-refractivity contribution in [2.75, 3.05) is 20.2 Å². The molecule has 3 saturated heterocycles. The number of carbonyl (C=O) groups is 1. The zero-order valence-corrected chi connectivity index (χ0v) is 18.3. The van der Waals surface area contributed by atoms with Gasteiger partial charge in [0, 0.05) is 30.4 Å². The summed E-state index contributed by atoms with van der Waals surface area (Å²) in [6.45, 7) is 6.08. The van der Waals surface area contributed by atoms with Crippen LogP contribution in [0.1, 0.15) is 34.9 Å². The summed E-state index contributed by atoms with van der Waals surface area (Å²) in [5.74, 6) is 1.73. The van der Waals surface area contributed by atoms with Crippen LogP contribution in [0.15, 0.2) is 67.5 Å². The summed E-state index contributed by atoms with van der Waals surface area (Å²) in [4.78, 5) is 24.5. The number of nitrogens with zero attached hydrogens (tertiary/aromatic N) is 3. The Bertz CT molecular complexity index is 1130. The van der Waals surface area contributed by atoms with Crippen LogP contribution in [0.3, 0.4) is 0 Å². The van der Waals surface area contributed by atoms with Crippen LogP contribution in [0, 0.1) is 11.8 Å². The number of hydrogen-bond donors (Lipinski definition) is 1. The molecular formula is C26H28N4O2. The molecule has 3 aliphatic rings. The quantitative estimate of drug-likeness (QED) is 0.601. The number of piperidine rings is 3. The SMILES string of the molecule is C=C[C@H]1CN2CC[C@H]1C[C@H]2[C@@H](NC(=O)c1ccccn1)c1ccnc2ccc(OC)cc12. The van der Waals surface area contributed by atoms with Gasteiger partial charge in [-0.05, 0) is 73.2 Å². The first-order valence-electron chi connectivity index (χ1n) is 11.2. The van der Waals surface area contributed by atoms with Gasteiger partial charge in [-0.1, -0.05) is 12.1 Å². The van der Waals surface area contributed by atoms with Crippen molar-refractivity contribution in [2.24, 2.45) is 11.8 Å². The molecule has 6 heteroatoms. The average molecular weight is 429 g/mol. The van der Waals surface area contributed by atoms with E-state index in [4.69, 9.17) is 4.74 Å². The summed E-state index contributed by atoms with van der Waals surface area (Å²) < 4.78 is 5.48. The molecule has 2 aromatic heterocycles. The maximum Gasteiger partial charge on any atom is 0.270 e. The minimum absolute atomic E-state index is 0.161. The highest BCUT2D eigenvalue weighted by atomic mass is 16.5. The van der Waals surface area contributed by atoms with Crippen molar-refractivity contribution in [1.82, 2.24) is 20.2 Å². The summed E-state index contributed by atoms with van der Waals surface area (Å²) in [5, 5.41) is 4.33. The monoisotopic (exact) mass is 428 g/mol. The second-order valence-corrected chi connectivity index (χ2v) is 8.70. The van der Waals surface area contributed by atoms with E-state index in [0.717, 1.165) is 41.7 Å². The van der Waals surface area contributed by atoms with E-state index < -0.39 is 0 Å². The molecule has 3 aliphatic heterocycles. The lowest BCUT2D eigenvalue weighted by Crippen LogP contribution is -2.57. The lowest BCUT2D eigenvalue weighted by atomic mass is 9.73. The molecule has 3 aromatic rings. The van der Waals surface area contributed by atoms with Gasteiger partial charge in [-0.25, -0.2) is 0 Å². The zero-order chi connectivity index (χ0) is 22.1. The predicted molar refractivity (Wildman–Crippen MR) is 125 cm³/mol. The fourth-order valence-corrected chi connectivity index (χ4v) is 5.36. The molecule has 0 spiro atoms. The average Bonchev–Trinajstić information content (AvgIpc) is 2.87. The molecular weight excluding hydrogens is 400 g/mol. The van der Waals surface area contributed by atoms with Crippen molar-refractivity contribution < 1.29 is 9.53 Å². The fourth-order valence-electron chi connectivity index (χ4n) is 5.36. The molecule has 6 nitrogen and oxygen atoms in total. The summed E-state index contributed by atoms with van der Waals surface area (Å²) in [7, 11) is 1.67. The highest BCUT2D eigenvalue weighted by Crippen LogP contribution is 2.42. The van der Waals surface area contributed by atoms with E-state index in [9.17, 15) is 4.79 Å². The fraction of sp³-hybridized carbons (Fsp3) is 0.346. The maximum absolute atomic E-state index is 13.2. The minimum Gasteiger partial charge on any atom is -0.497 e. The number of benzene rings is 1. The van der Waals surface area contributed by atoms with Crippen LogP contribution in [-0.4, -0.2) is 47.0 Å². The molecule has 1 amide bonds. The molecule has 2 bridgehead atoms. The van der Waals surface area contributed by atoms with Gasteiger partial charge in [0.1, 0.15) is 11.4 Å². The van der Waals surface area contributed by atoms with Crippen molar-refractivity contribution in [2.45, 2.75) is 24.9 Å². The van der Waals surface area contributed by atoms with Crippen LogP contribution in [0.5, 0.6) is 5.75 Å². The second kappa shape index (κ2) is 8.71. The molecule has 0 saturated carbocycles. The first-order chi connectivity index (χ1) is 15.7. The van der Waals surface area contributed by atoms with Crippen LogP contribution < -0.4 is 10.1 Å². The first-order valence-corrected chi connectivity index (χ1v) is 11.2. The lowest BCUT2D eigenvalue weighted by Gasteiger charge is -2.51. The molecule has 1 aromatic carbocycles. The Morgan fingerprint density at radius 1 is 1.25 bits per heavy atom. The second-order valence-electron chi connectivity index (χ2n) is 8.70. The summed E-state index contributed by atoms with van der Waals surface area (Å²) >= 11 is 0. The van der Waals surface area contributed by atoms with Gasteiger partial charge in [-0.3, -0.25) is 19.7 Å². The van der Waals surface area contributed by atoms with Gasteiger partial charge < -0.3 is 10.1 Å². The molecule has 32 heavy (non-hydrogen) atoms. The molecule has 1 unspecified atom stereocenters. The Morgan fingerprint density at radius 2 is 2.16 bits per heavy atom. The van der Waals surface area contributed by atoms with Gasteiger partial charge in [0.15, 0.2) is 0 Å². The number of fused-ring (bicyclic) bond motifs is 4. The predicted octanol–water partition coefficient (Wildman–Crippen LogP) is 4.01. The smallest absolute Gasteiger partial charge is 0.270 e. The van der Waals surface area contributed by atoms with E-state index in [0.29, 0.717) is 17.5 Å². The summed E-state index contributed by atoms with van der Waals surface area (Å²) in [6.07, 6.45) is 7.78. The van der Waals surface area contributed by atoms with E-state index in [1.165, 1.54) is 6.42 Å². The van der Waals surface area contributed by atoms with Gasteiger partial charge >= 0.3 is 0 Å². The molecule has 0 radical (unpaired) electrons. The number of aromatic nitrogens is 2. The van der Waals surface area contributed by atoms with Crippen molar-refractivity contribution in [3.05, 3.63) is 78.8 Å². The third-order valence-corrected chi connectivity index (χ3v) is 7.04. The number of amides is 1. The van der Waals surface area contributed by atoms with Gasteiger partial charge in [0.05, 0.1) is 18.7 Å². The molecule has 0 aliphatic carbocycles. The van der Waals surface area contributed by atoms with Crippen LogP contribution in [-0.2, 0) is 0 Å². The molecule has 164 valence electrons. The lowest BCUT2D eigenvalue weighted by molar-refractivity contribution is 0.00167. The normalized spacial score (nSPS) is 25.3. The Labute approximate surface area is 188 Å². The van der Waals surface area contributed by atoms with Crippen LogP contribution in [0.4, 0.5) is 0 Å². The standard InChI is InChI=1S/C26H28N4O2/c1-3-17-16-30-13-10-18(17)14-24(30)25(29-26(31)23-6-4-5-11-27-23)20-9-12-28-22-8-7-19(32-2)15-21(20)22/h3-9,11-12,15,17-18,24-25H,1,10,13-14,16H2,2H3,(H,29,31)/t17-,18-,24-,25-/m0/s1. The molecule has 1 N–H and O–H groups in total. The van der Waals surface area contributed by atoms with Crippen molar-refractivity contribution in [3.63, 3.8) is 0 Å². The van der Waals surface area contributed by atoms with Crippen molar-refractivity contribution >= 4 is 16.8 Å². The highest BCUT2D eigenvalue weighted by molar-refractivity contribution is 5.93. The van der Waals surface area contributed by atoms with Crippen LogP contribution in [0.2, 0.25) is 0 Å². The topological polar surface area (TPSA) is 67.4 Å². The Hall–Kier alpha value is -3.25. The number of nitrogens with one attached hydrogen (secondary N) is 1. The molecule has 6 rings (SSSR count). The van der Waals surface area contributed by atoms with Crippen LogP contribution in [0.25, 0.3) is 10.9 Å². The largest absolute Gasteiger partial charge is 0.497 e. The van der Waals surface area contributed by atoms with Gasteiger partial charge in [-0.2, -0.15) is 0 Å². The summed E-state index contributed by atoms with van der Waals surface area (Å²) in [6, 6.07) is 13.4. The Morgan fingerprint density at radius 3 is 2.88 bits per heavy atom. The van der Waals surface area contributed by atoms with E-state index >= 15 is 0 Å². The Balaban J connectivity index is 1.57. The number of carbonyl (C=O) groups excluding carboxylic acids is 1. The van der Waals surface area contributed by atoms with Crippen LogP contribution >= 0.6 is 0 Å². The maximum atomic E-state index is 13.2. The number of rotatable bonds is 6. The summed E-state index contributed by atoms with van der Waals surface area (Å²) in [5.41, 5.74) is 2.37. The number of ether oxygens (including phenoxy) is 1. The van der Waals surface area contributed by atoms with Crippen molar-refractivity contribution in [1.29, 1.82) is 0 Å². The van der Waals surface area contributed by atoms with Gasteiger partial charge in [0.2, 0.25) is 0 Å². The van der Waals surface area contributed by atoms with Gasteiger partial charge in [-0.15, -0.1) is 6.58 Å². The molecule has 5 heterocycles. The zero-order valence-electron chi connectivity index (χ0n) is 18.3. The molecule has 3 fully saturated rings. The van der Waals surface area contributed by atoms with E-state index in [-0.39, 0.29) is 18.0 Å².